The van der Waals surface area contributed by atoms with E-state index in [-0.39, 0.29) is 5.92 Å². The molecule has 0 heterocycles. The molecular weight excluding hydrogens is 182 g/mol. The summed E-state index contributed by atoms with van der Waals surface area (Å²) < 4.78 is 0. The van der Waals surface area contributed by atoms with Gasteiger partial charge in [-0.25, -0.2) is 0 Å². The smallest absolute Gasteiger partial charge is 0.0665 e. The van der Waals surface area contributed by atoms with E-state index in [2.05, 4.69) is 43.3 Å². The Morgan fingerprint density at radius 1 is 1.33 bits per heavy atom. The third-order valence-corrected chi connectivity index (χ3v) is 3.77. The van der Waals surface area contributed by atoms with Crippen LogP contribution in [0.2, 0.25) is 0 Å². The van der Waals surface area contributed by atoms with Crippen molar-refractivity contribution >= 4 is 0 Å². The lowest BCUT2D eigenvalue weighted by molar-refractivity contribution is 0.380. The van der Waals surface area contributed by atoms with Gasteiger partial charge in [0.2, 0.25) is 0 Å². The van der Waals surface area contributed by atoms with Crippen molar-refractivity contribution in [2.45, 2.75) is 19.3 Å². The molecule has 3 atom stereocenters. The third kappa shape index (κ3) is 1.08. The highest BCUT2D eigenvalue weighted by molar-refractivity contribution is 5.47. The zero-order valence-corrected chi connectivity index (χ0v) is 8.77. The molecule has 0 N–H and O–H groups in total. The first-order chi connectivity index (χ1) is 7.31. The maximum absolute atomic E-state index is 9.12. The van der Waals surface area contributed by atoms with E-state index in [0.717, 1.165) is 6.42 Å². The fraction of sp³-hybridized carbons (Fsp3) is 0.357. The summed E-state index contributed by atoms with van der Waals surface area (Å²) in [6.45, 7) is 2.18. The topological polar surface area (TPSA) is 23.8 Å². The Hall–Kier alpha value is -1.55. The molecule has 0 aliphatic heterocycles. The second-order valence-corrected chi connectivity index (χ2v) is 4.58. The molecule has 1 aromatic carbocycles. The summed E-state index contributed by atoms with van der Waals surface area (Å²) in [5.41, 5.74) is 4.24. The zero-order valence-electron chi connectivity index (χ0n) is 8.77. The van der Waals surface area contributed by atoms with Gasteiger partial charge in [-0.1, -0.05) is 30.4 Å². The molecule has 0 radical (unpaired) electrons. The van der Waals surface area contributed by atoms with E-state index in [4.69, 9.17) is 5.26 Å². The van der Waals surface area contributed by atoms with Gasteiger partial charge in [-0.3, -0.25) is 0 Å². The van der Waals surface area contributed by atoms with E-state index in [1.807, 2.05) is 0 Å². The maximum atomic E-state index is 9.12. The van der Waals surface area contributed by atoms with Crippen LogP contribution in [0.4, 0.5) is 0 Å². The molecule has 2 aliphatic rings. The van der Waals surface area contributed by atoms with E-state index in [1.54, 1.807) is 0 Å². The fourth-order valence-electron chi connectivity index (χ4n) is 2.92. The van der Waals surface area contributed by atoms with Crippen molar-refractivity contribution in [1.29, 1.82) is 5.26 Å². The Kier molecular flexibility index (Phi) is 1.73. The van der Waals surface area contributed by atoms with Crippen LogP contribution in [0.15, 0.2) is 30.4 Å². The molecule has 0 fully saturated rings. The molecule has 0 unspecified atom stereocenters. The Bertz CT molecular complexity index is 479. The van der Waals surface area contributed by atoms with Crippen molar-refractivity contribution in [3.05, 3.63) is 47.0 Å². The number of rotatable bonds is 0. The van der Waals surface area contributed by atoms with Gasteiger partial charge in [-0.15, -0.1) is 0 Å². The molecule has 2 aliphatic carbocycles. The van der Waals surface area contributed by atoms with Gasteiger partial charge in [-0.2, -0.15) is 5.26 Å². The molecule has 0 saturated carbocycles. The number of hydrogen-bond donors (Lipinski definition) is 0. The Labute approximate surface area is 90.0 Å². The lowest BCUT2D eigenvalue weighted by Gasteiger charge is -2.40. The second kappa shape index (κ2) is 2.97. The quantitative estimate of drug-likeness (QED) is 0.584. The zero-order chi connectivity index (χ0) is 10.4. The lowest BCUT2D eigenvalue weighted by atomic mass is 9.63. The van der Waals surface area contributed by atoms with Crippen molar-refractivity contribution in [1.82, 2.24) is 0 Å². The van der Waals surface area contributed by atoms with E-state index >= 15 is 0 Å². The summed E-state index contributed by atoms with van der Waals surface area (Å²) >= 11 is 0. The average Bonchev–Trinajstić information content (AvgIpc) is 2.19. The number of fused-ring (bicyclic) bond motifs is 3. The van der Waals surface area contributed by atoms with Gasteiger partial charge < -0.3 is 0 Å². The highest BCUT2D eigenvalue weighted by Gasteiger charge is 2.38. The normalized spacial score (nSPS) is 31.1. The van der Waals surface area contributed by atoms with Crippen LogP contribution in [-0.2, 0) is 6.42 Å². The van der Waals surface area contributed by atoms with Crippen molar-refractivity contribution in [3.8, 4) is 6.07 Å². The molecule has 1 heteroatoms. The minimum Gasteiger partial charge on any atom is -0.198 e. The van der Waals surface area contributed by atoms with Gasteiger partial charge >= 0.3 is 0 Å². The highest BCUT2D eigenvalue weighted by atomic mass is 14.4. The van der Waals surface area contributed by atoms with Crippen LogP contribution in [0, 0.1) is 30.1 Å². The molecule has 0 saturated heterocycles. The molecular formula is C14H13N. The summed E-state index contributed by atoms with van der Waals surface area (Å²) in [4.78, 5) is 0. The second-order valence-electron chi connectivity index (χ2n) is 4.58. The van der Waals surface area contributed by atoms with E-state index in [9.17, 15) is 0 Å². The summed E-state index contributed by atoms with van der Waals surface area (Å²) in [5.74, 6) is 1.18. The predicted octanol–water partition coefficient (Wildman–Crippen LogP) is 2.96. The molecule has 15 heavy (non-hydrogen) atoms. The molecule has 1 nitrogen and oxygen atoms in total. The summed E-state index contributed by atoms with van der Waals surface area (Å²) in [6.07, 6.45) is 5.38. The molecule has 0 aromatic heterocycles. The molecule has 74 valence electrons. The van der Waals surface area contributed by atoms with Crippen molar-refractivity contribution in [2.75, 3.05) is 0 Å². The third-order valence-electron chi connectivity index (χ3n) is 3.77. The van der Waals surface area contributed by atoms with Crippen LogP contribution in [-0.4, -0.2) is 0 Å². The molecule has 1 aromatic rings. The van der Waals surface area contributed by atoms with Gasteiger partial charge in [0.1, 0.15) is 0 Å². The first-order valence-corrected chi connectivity index (χ1v) is 5.47. The minimum absolute atomic E-state index is 0.189. The van der Waals surface area contributed by atoms with Crippen molar-refractivity contribution in [3.63, 3.8) is 0 Å². The summed E-state index contributed by atoms with van der Waals surface area (Å²) in [6, 6.07) is 8.90. The Balaban J connectivity index is 2.15. The van der Waals surface area contributed by atoms with Gasteiger partial charge in [-0.05, 0) is 30.0 Å². The van der Waals surface area contributed by atoms with Crippen LogP contribution in [0.25, 0.3) is 0 Å². The predicted molar refractivity (Wildman–Crippen MR) is 59.4 cm³/mol. The number of allylic oxidation sites excluding steroid dienone is 2. The molecule has 0 bridgehead atoms. The number of benzene rings is 1. The van der Waals surface area contributed by atoms with Crippen LogP contribution in [0.5, 0.6) is 0 Å². The van der Waals surface area contributed by atoms with Crippen LogP contribution < -0.4 is 0 Å². The lowest BCUT2D eigenvalue weighted by Crippen LogP contribution is -2.32. The summed E-state index contributed by atoms with van der Waals surface area (Å²) in [5, 5.41) is 9.12. The van der Waals surface area contributed by atoms with Gasteiger partial charge in [0, 0.05) is 11.8 Å². The Morgan fingerprint density at radius 3 is 2.87 bits per heavy atom. The van der Waals surface area contributed by atoms with Crippen molar-refractivity contribution < 1.29 is 0 Å². The van der Waals surface area contributed by atoms with Crippen molar-refractivity contribution in [2.24, 2.45) is 11.8 Å². The largest absolute Gasteiger partial charge is 0.198 e. The minimum atomic E-state index is 0.189. The standard InChI is InChI=1S/C14H13N/c1-9-3-2-4-10-7-11(8-15)12-5-6-13(12)14(9)10/h2-6,11-13H,7H2,1H3/t11-,12-,13-/m1/s1. The van der Waals surface area contributed by atoms with Gasteiger partial charge in [0.15, 0.2) is 0 Å². The highest BCUT2D eigenvalue weighted by Crippen LogP contribution is 2.47. The van der Waals surface area contributed by atoms with Crippen LogP contribution in [0.1, 0.15) is 22.6 Å². The van der Waals surface area contributed by atoms with Gasteiger partial charge in [0.25, 0.3) is 0 Å². The van der Waals surface area contributed by atoms with E-state index in [1.165, 1.54) is 16.7 Å². The van der Waals surface area contributed by atoms with E-state index < -0.39 is 0 Å². The molecule has 0 amide bonds. The fourth-order valence-corrected chi connectivity index (χ4v) is 2.92. The number of nitrogens with zero attached hydrogens (tertiary/aromatic N) is 1. The molecule has 0 spiro atoms. The van der Waals surface area contributed by atoms with Crippen LogP contribution >= 0.6 is 0 Å². The number of hydrogen-bond acceptors (Lipinski definition) is 1. The Morgan fingerprint density at radius 2 is 2.20 bits per heavy atom. The monoisotopic (exact) mass is 195 g/mol. The first-order valence-electron chi connectivity index (χ1n) is 5.47. The average molecular weight is 195 g/mol. The number of aryl methyl sites for hydroxylation is 1. The van der Waals surface area contributed by atoms with Gasteiger partial charge in [0.05, 0.1) is 12.0 Å². The maximum Gasteiger partial charge on any atom is 0.0665 e. The SMILES string of the molecule is Cc1cccc2c1[C@@H]1C=C[C@@H]1[C@@H](C#N)C2. The summed E-state index contributed by atoms with van der Waals surface area (Å²) in [7, 11) is 0. The molecule has 3 rings (SSSR count). The number of nitriles is 1. The van der Waals surface area contributed by atoms with Crippen LogP contribution in [0.3, 0.4) is 0 Å². The first kappa shape index (κ1) is 8.73. The van der Waals surface area contributed by atoms with E-state index in [0.29, 0.717) is 11.8 Å².